The third-order valence-electron chi connectivity index (χ3n) is 4.18. The summed E-state index contributed by atoms with van der Waals surface area (Å²) in [7, 11) is 1.45. The van der Waals surface area contributed by atoms with Gasteiger partial charge in [-0.25, -0.2) is 4.79 Å². The fourth-order valence-corrected chi connectivity index (χ4v) is 3.37. The molecule has 2 aromatic carbocycles. The summed E-state index contributed by atoms with van der Waals surface area (Å²) in [6.45, 7) is 4.04. The molecule has 0 saturated heterocycles. The van der Waals surface area contributed by atoms with Gasteiger partial charge in [0.05, 0.1) is 0 Å². The van der Waals surface area contributed by atoms with Crippen LogP contribution in [-0.4, -0.2) is 29.2 Å². The predicted molar refractivity (Wildman–Crippen MR) is 107 cm³/mol. The lowest BCUT2D eigenvalue weighted by Crippen LogP contribution is -2.39. The lowest BCUT2D eigenvalue weighted by Gasteiger charge is -2.14. The Kier molecular flexibility index (Phi) is 6.10. The lowest BCUT2D eigenvalue weighted by atomic mass is 10.1. The topological polar surface area (TPSA) is 97.1 Å². The van der Waals surface area contributed by atoms with Crippen LogP contribution in [0.1, 0.15) is 21.9 Å². The highest BCUT2D eigenvalue weighted by Gasteiger charge is 2.26. The van der Waals surface area contributed by atoms with Crippen molar-refractivity contribution in [2.45, 2.75) is 24.3 Å². The molecule has 8 heteroatoms. The number of carbonyl (C=O) groups is 2. The fraction of sp³-hybridized carbons (Fsp3) is 0.200. The molecule has 144 valence electrons. The monoisotopic (exact) mass is 396 g/mol. The lowest BCUT2D eigenvalue weighted by molar-refractivity contribution is -0.119. The van der Waals surface area contributed by atoms with E-state index >= 15 is 0 Å². The molecule has 1 heterocycles. The van der Waals surface area contributed by atoms with Crippen LogP contribution in [0.5, 0.6) is 0 Å². The minimum atomic E-state index is -0.716. The van der Waals surface area contributed by atoms with E-state index in [1.807, 2.05) is 62.4 Å². The van der Waals surface area contributed by atoms with Gasteiger partial charge >= 0.3 is 6.03 Å². The third kappa shape index (κ3) is 4.58. The Morgan fingerprint density at radius 1 is 1.04 bits per heavy atom. The Hall–Kier alpha value is -3.13. The predicted octanol–water partition coefficient (Wildman–Crippen LogP) is 3.64. The standard InChI is InChI=1S/C20H20N4O3S/c1-12-9-10-15(11-13(12)2)18-23-24-20(27-18)28-16(14-7-5-4-6-8-14)17(25)22-19(26)21-3/h4-11,16H,1-3H3,(H2,21,22,25,26)/t16-/m1/s1. The molecular formula is C20H20N4O3S. The van der Waals surface area contributed by atoms with Gasteiger partial charge in [0.2, 0.25) is 11.8 Å². The van der Waals surface area contributed by atoms with Crippen molar-refractivity contribution in [3.8, 4) is 11.5 Å². The largest absolute Gasteiger partial charge is 0.411 e. The Morgan fingerprint density at radius 2 is 1.79 bits per heavy atom. The molecule has 28 heavy (non-hydrogen) atoms. The van der Waals surface area contributed by atoms with E-state index in [0.717, 1.165) is 28.5 Å². The van der Waals surface area contributed by atoms with Gasteiger partial charge < -0.3 is 9.73 Å². The molecule has 2 N–H and O–H groups in total. The highest BCUT2D eigenvalue weighted by Crippen LogP contribution is 2.36. The molecule has 3 aromatic rings. The van der Waals surface area contributed by atoms with E-state index in [2.05, 4.69) is 20.8 Å². The zero-order valence-electron chi connectivity index (χ0n) is 15.7. The van der Waals surface area contributed by atoms with Crippen molar-refractivity contribution in [1.29, 1.82) is 0 Å². The molecule has 0 saturated carbocycles. The van der Waals surface area contributed by atoms with Crippen LogP contribution in [0.3, 0.4) is 0 Å². The molecule has 0 bridgehead atoms. The maximum Gasteiger partial charge on any atom is 0.321 e. The van der Waals surface area contributed by atoms with Gasteiger partial charge in [-0.15, -0.1) is 10.2 Å². The van der Waals surface area contributed by atoms with Gasteiger partial charge in [0, 0.05) is 12.6 Å². The smallest absolute Gasteiger partial charge is 0.321 e. The van der Waals surface area contributed by atoms with Crippen LogP contribution in [0.25, 0.3) is 11.5 Å². The van der Waals surface area contributed by atoms with Crippen molar-refractivity contribution in [2.75, 3.05) is 7.05 Å². The van der Waals surface area contributed by atoms with Crippen LogP contribution >= 0.6 is 11.8 Å². The summed E-state index contributed by atoms with van der Waals surface area (Å²) in [5.74, 6) is -0.0920. The molecule has 0 fully saturated rings. The molecule has 0 radical (unpaired) electrons. The molecule has 3 amide bonds. The zero-order chi connectivity index (χ0) is 20.1. The first-order valence-corrected chi connectivity index (χ1v) is 9.51. The molecule has 1 atom stereocenters. The van der Waals surface area contributed by atoms with Crippen molar-refractivity contribution in [3.05, 3.63) is 65.2 Å². The Morgan fingerprint density at radius 3 is 2.46 bits per heavy atom. The Labute approximate surface area is 166 Å². The first-order chi connectivity index (χ1) is 13.5. The SMILES string of the molecule is CNC(=O)NC(=O)[C@H](Sc1nnc(-c2ccc(C)c(C)c2)o1)c1ccccc1. The van der Waals surface area contributed by atoms with Crippen LogP contribution < -0.4 is 10.6 Å². The van der Waals surface area contributed by atoms with E-state index < -0.39 is 17.2 Å². The van der Waals surface area contributed by atoms with Gasteiger partial charge in [-0.1, -0.05) is 36.4 Å². The van der Waals surface area contributed by atoms with E-state index in [-0.39, 0.29) is 5.22 Å². The van der Waals surface area contributed by atoms with E-state index in [1.54, 1.807) is 0 Å². The number of urea groups is 1. The van der Waals surface area contributed by atoms with E-state index in [9.17, 15) is 9.59 Å². The number of nitrogens with one attached hydrogen (secondary N) is 2. The van der Waals surface area contributed by atoms with Crippen LogP contribution in [0.2, 0.25) is 0 Å². The quantitative estimate of drug-likeness (QED) is 0.639. The third-order valence-corrected chi connectivity index (χ3v) is 5.27. The van der Waals surface area contributed by atoms with Crippen molar-refractivity contribution >= 4 is 23.7 Å². The molecule has 3 rings (SSSR count). The van der Waals surface area contributed by atoms with Crippen LogP contribution in [0.15, 0.2) is 58.2 Å². The summed E-state index contributed by atoms with van der Waals surface area (Å²) in [5.41, 5.74) is 3.83. The molecule has 7 nitrogen and oxygen atoms in total. The van der Waals surface area contributed by atoms with E-state index in [1.165, 1.54) is 12.6 Å². The maximum atomic E-state index is 12.6. The molecule has 0 spiro atoms. The van der Waals surface area contributed by atoms with E-state index in [4.69, 9.17) is 4.42 Å². The summed E-state index contributed by atoms with van der Waals surface area (Å²) in [4.78, 5) is 24.1. The summed E-state index contributed by atoms with van der Waals surface area (Å²) in [5, 5.41) is 12.3. The summed E-state index contributed by atoms with van der Waals surface area (Å²) >= 11 is 1.09. The van der Waals surface area contributed by atoms with Gasteiger partial charge in [0.25, 0.3) is 5.22 Å². The van der Waals surface area contributed by atoms with Crippen LogP contribution in [0, 0.1) is 13.8 Å². The molecule has 1 aromatic heterocycles. The van der Waals surface area contributed by atoms with Crippen molar-refractivity contribution in [1.82, 2.24) is 20.8 Å². The normalized spacial score (nSPS) is 11.7. The van der Waals surface area contributed by atoms with Crippen molar-refractivity contribution < 1.29 is 14.0 Å². The highest BCUT2D eigenvalue weighted by atomic mass is 32.2. The Bertz CT molecular complexity index is 988. The number of nitrogens with zero attached hydrogens (tertiary/aromatic N) is 2. The highest BCUT2D eigenvalue weighted by molar-refractivity contribution is 8.00. The van der Waals surface area contributed by atoms with Gasteiger partial charge in [-0.3, -0.25) is 10.1 Å². The summed E-state index contributed by atoms with van der Waals surface area (Å²) < 4.78 is 5.76. The first-order valence-electron chi connectivity index (χ1n) is 8.63. The number of rotatable bonds is 5. The molecule has 0 aliphatic rings. The number of aromatic nitrogens is 2. The molecule has 0 unspecified atom stereocenters. The molecule has 0 aliphatic heterocycles. The number of imide groups is 1. The molecule has 0 aliphatic carbocycles. The zero-order valence-corrected chi connectivity index (χ0v) is 16.5. The van der Waals surface area contributed by atoms with Gasteiger partial charge in [-0.2, -0.15) is 0 Å². The Balaban J connectivity index is 1.85. The van der Waals surface area contributed by atoms with Crippen LogP contribution in [0.4, 0.5) is 4.79 Å². The van der Waals surface area contributed by atoms with Crippen molar-refractivity contribution in [2.24, 2.45) is 0 Å². The number of hydrogen-bond donors (Lipinski definition) is 2. The van der Waals surface area contributed by atoms with E-state index in [0.29, 0.717) is 5.89 Å². The van der Waals surface area contributed by atoms with Gasteiger partial charge in [0.15, 0.2) is 0 Å². The number of carbonyl (C=O) groups excluding carboxylic acids is 2. The number of amides is 3. The number of thioether (sulfide) groups is 1. The summed E-state index contributed by atoms with van der Waals surface area (Å²) in [6.07, 6.45) is 0. The maximum absolute atomic E-state index is 12.6. The second-order valence-corrected chi connectivity index (χ2v) is 7.21. The van der Waals surface area contributed by atoms with Crippen molar-refractivity contribution in [3.63, 3.8) is 0 Å². The van der Waals surface area contributed by atoms with Gasteiger partial charge in [0.1, 0.15) is 5.25 Å². The number of hydrogen-bond acceptors (Lipinski definition) is 6. The summed E-state index contributed by atoms with van der Waals surface area (Å²) in [6, 6.07) is 14.4. The minimum Gasteiger partial charge on any atom is -0.411 e. The first kappa shape index (κ1) is 19.6. The average Bonchev–Trinajstić information content (AvgIpc) is 3.17. The second kappa shape index (κ2) is 8.71. The molecular weight excluding hydrogens is 376 g/mol. The second-order valence-electron chi connectivity index (χ2n) is 6.15. The fourth-order valence-electron chi connectivity index (χ4n) is 2.49. The van der Waals surface area contributed by atoms with Gasteiger partial charge in [-0.05, 0) is 54.4 Å². The van der Waals surface area contributed by atoms with Crippen LogP contribution in [-0.2, 0) is 4.79 Å². The average molecular weight is 396 g/mol. The number of aryl methyl sites for hydroxylation is 2. The minimum absolute atomic E-state index is 0.245. The number of benzene rings is 2.